The van der Waals surface area contributed by atoms with Crippen molar-refractivity contribution >= 4 is 19.8 Å². The quantitative estimate of drug-likeness (QED) is 0.0236. The Morgan fingerprint density at radius 2 is 1.04 bits per heavy atom. The smallest absolute Gasteiger partial charge is 0.472 e. The summed E-state index contributed by atoms with van der Waals surface area (Å²) in [6.45, 7) is 3.67. The van der Waals surface area contributed by atoms with Crippen molar-refractivity contribution in [2.45, 2.75) is 174 Å². The van der Waals surface area contributed by atoms with Crippen LogP contribution in [0, 0.1) is 0 Å². The molecule has 0 aromatic heterocycles. The molecular weight excluding hydrogens is 729 g/mol. The molecule has 0 aliphatic carbocycles. The number of aliphatic carboxylic acids is 1. The highest BCUT2D eigenvalue weighted by Gasteiger charge is 2.27. The number of unbranched alkanes of at least 4 members (excludes halogenated alkanes) is 14. The van der Waals surface area contributed by atoms with Crippen LogP contribution in [0.3, 0.4) is 0 Å². The summed E-state index contributed by atoms with van der Waals surface area (Å²) in [5.74, 6) is -1.81. The third kappa shape index (κ3) is 39.6. The van der Waals surface area contributed by atoms with Gasteiger partial charge in [0.25, 0.3) is 0 Å². The van der Waals surface area contributed by atoms with Gasteiger partial charge in [-0.15, -0.1) is 0 Å². The number of esters is 1. The first kappa shape index (κ1) is 53.4. The molecule has 0 radical (unpaired) electrons. The summed E-state index contributed by atoms with van der Waals surface area (Å²) in [6, 6.07) is -1.48. The molecule has 3 unspecified atom stereocenters. The molecule has 56 heavy (non-hydrogen) atoms. The molecule has 0 aromatic rings. The van der Waals surface area contributed by atoms with E-state index in [9.17, 15) is 19.0 Å². The maximum atomic E-state index is 12.6. The number of carboxylic acids is 1. The van der Waals surface area contributed by atoms with Gasteiger partial charge in [-0.3, -0.25) is 18.6 Å². The molecule has 4 N–H and O–H groups in total. The lowest BCUT2D eigenvalue weighted by Gasteiger charge is -2.20. The molecule has 3 atom stereocenters. The van der Waals surface area contributed by atoms with Crippen LogP contribution in [0.2, 0.25) is 0 Å². The lowest BCUT2D eigenvalue weighted by molar-refractivity contribution is -0.154. The van der Waals surface area contributed by atoms with Crippen LogP contribution < -0.4 is 5.73 Å². The standard InChI is InChI=1S/C45H78NO9P/c1-3-5-7-9-11-13-15-17-19-21-22-24-26-28-30-32-34-36-38-52-39-42(40-53-56(50,51)54-41-43(46)45(48)49)55-44(47)37-35-33-31-29-27-25-23-20-18-16-14-12-10-8-6-4-2/h5,7,11,13-14,16-17,19-20,22-24,42-43H,3-4,6,8-10,12,15,18,21,25-41,46H2,1-2H3,(H,48,49)(H,50,51)/b7-5-,13-11-,16-14-,19-17-,23-20-,24-22-. The summed E-state index contributed by atoms with van der Waals surface area (Å²) in [5.41, 5.74) is 5.35. The van der Waals surface area contributed by atoms with Crippen LogP contribution in [0.25, 0.3) is 0 Å². The summed E-state index contributed by atoms with van der Waals surface area (Å²) < 4.78 is 33.3. The van der Waals surface area contributed by atoms with Crippen molar-refractivity contribution in [1.29, 1.82) is 0 Å². The molecule has 0 spiro atoms. The zero-order valence-electron chi connectivity index (χ0n) is 35.0. The topological polar surface area (TPSA) is 155 Å². The number of phosphoric acid groups is 1. The number of nitrogens with two attached hydrogens (primary N) is 1. The van der Waals surface area contributed by atoms with E-state index in [1.807, 2.05) is 0 Å². The molecule has 0 bridgehead atoms. The first-order valence-corrected chi connectivity index (χ1v) is 23.0. The summed E-state index contributed by atoms with van der Waals surface area (Å²) in [7, 11) is -4.63. The molecule has 0 saturated heterocycles. The largest absolute Gasteiger partial charge is 0.480 e. The van der Waals surface area contributed by atoms with Crippen LogP contribution in [0.15, 0.2) is 72.9 Å². The number of carboxylic acid groups (broad SMARTS) is 1. The third-order valence-electron chi connectivity index (χ3n) is 8.72. The van der Waals surface area contributed by atoms with E-state index in [4.69, 9.17) is 29.4 Å². The van der Waals surface area contributed by atoms with Gasteiger partial charge in [-0.2, -0.15) is 0 Å². The first-order chi connectivity index (χ1) is 27.2. The molecule has 0 aliphatic heterocycles. The monoisotopic (exact) mass is 808 g/mol. The fourth-order valence-electron chi connectivity index (χ4n) is 5.39. The van der Waals surface area contributed by atoms with E-state index in [0.29, 0.717) is 13.0 Å². The molecular formula is C45H78NO9P. The van der Waals surface area contributed by atoms with E-state index < -0.39 is 45.1 Å². The molecule has 0 amide bonds. The highest BCUT2D eigenvalue weighted by atomic mass is 31.2. The first-order valence-electron chi connectivity index (χ1n) is 21.5. The zero-order valence-corrected chi connectivity index (χ0v) is 35.8. The fraction of sp³-hybridized carbons (Fsp3) is 0.689. The van der Waals surface area contributed by atoms with E-state index in [0.717, 1.165) is 103 Å². The van der Waals surface area contributed by atoms with Crippen molar-refractivity contribution in [2.75, 3.05) is 26.4 Å². The Labute approximate surface area is 340 Å². The Kier molecular flexibility index (Phi) is 38.7. The Hall–Kier alpha value is -2.59. The Morgan fingerprint density at radius 1 is 0.589 bits per heavy atom. The van der Waals surface area contributed by atoms with Gasteiger partial charge in [-0.25, -0.2) is 4.57 Å². The van der Waals surface area contributed by atoms with Crippen molar-refractivity contribution in [3.05, 3.63) is 72.9 Å². The van der Waals surface area contributed by atoms with Crippen LogP contribution in [-0.4, -0.2) is 60.5 Å². The second-order valence-electron chi connectivity index (χ2n) is 14.1. The van der Waals surface area contributed by atoms with E-state index >= 15 is 0 Å². The predicted molar refractivity (Wildman–Crippen MR) is 230 cm³/mol. The summed E-state index contributed by atoms with van der Waals surface area (Å²) in [4.78, 5) is 33.5. The summed E-state index contributed by atoms with van der Waals surface area (Å²) in [5, 5.41) is 8.89. The minimum absolute atomic E-state index is 0.00548. The Balaban J connectivity index is 4.33. The number of hydrogen-bond acceptors (Lipinski definition) is 8. The van der Waals surface area contributed by atoms with Crippen LogP contribution >= 0.6 is 7.82 Å². The van der Waals surface area contributed by atoms with Crippen LogP contribution in [0.5, 0.6) is 0 Å². The number of rotatable bonds is 40. The second kappa shape index (κ2) is 40.6. The lowest BCUT2D eigenvalue weighted by atomic mass is 10.1. The lowest BCUT2D eigenvalue weighted by Crippen LogP contribution is -2.34. The Morgan fingerprint density at radius 3 is 1.55 bits per heavy atom. The fourth-order valence-corrected chi connectivity index (χ4v) is 6.17. The van der Waals surface area contributed by atoms with E-state index in [1.165, 1.54) is 32.1 Å². The SMILES string of the molecule is CC/C=C\C/C=C\C/C=C\C/C=C\CCCCCCCOCC(COP(=O)(O)OCC(N)C(=O)O)OC(=O)CCCCCCC/C=C\C/C=C\CCCCCC. The highest BCUT2D eigenvalue weighted by Crippen LogP contribution is 2.43. The van der Waals surface area contributed by atoms with Gasteiger partial charge >= 0.3 is 19.8 Å². The van der Waals surface area contributed by atoms with Crippen LogP contribution in [0.1, 0.15) is 162 Å². The third-order valence-corrected chi connectivity index (χ3v) is 9.67. The number of allylic oxidation sites excluding steroid dienone is 12. The molecule has 10 nitrogen and oxygen atoms in total. The van der Waals surface area contributed by atoms with Crippen LogP contribution in [-0.2, 0) is 32.7 Å². The maximum absolute atomic E-state index is 12.6. The van der Waals surface area contributed by atoms with Gasteiger partial charge in [0.2, 0.25) is 0 Å². The zero-order chi connectivity index (χ0) is 41.2. The number of hydrogen-bond donors (Lipinski definition) is 3. The molecule has 11 heteroatoms. The molecule has 0 rings (SSSR count). The molecule has 0 saturated carbocycles. The van der Waals surface area contributed by atoms with Crippen molar-refractivity contribution in [3.8, 4) is 0 Å². The second-order valence-corrected chi connectivity index (χ2v) is 15.5. The van der Waals surface area contributed by atoms with Crippen molar-refractivity contribution in [2.24, 2.45) is 5.73 Å². The number of ether oxygens (including phenoxy) is 2. The highest BCUT2D eigenvalue weighted by molar-refractivity contribution is 7.47. The number of carbonyl (C=O) groups is 2. The minimum atomic E-state index is -4.63. The van der Waals surface area contributed by atoms with Gasteiger partial charge < -0.3 is 25.2 Å². The number of carbonyl (C=O) groups excluding carboxylic acids is 1. The van der Waals surface area contributed by atoms with Gasteiger partial charge in [0, 0.05) is 13.0 Å². The van der Waals surface area contributed by atoms with Gasteiger partial charge in [0.05, 0.1) is 19.8 Å². The molecule has 0 fully saturated rings. The molecule has 0 aromatic carbocycles. The van der Waals surface area contributed by atoms with Gasteiger partial charge in [-0.1, -0.05) is 145 Å². The van der Waals surface area contributed by atoms with Gasteiger partial charge in [0.15, 0.2) is 0 Å². The average molecular weight is 808 g/mol. The van der Waals surface area contributed by atoms with Crippen molar-refractivity contribution in [3.63, 3.8) is 0 Å². The minimum Gasteiger partial charge on any atom is -0.480 e. The summed E-state index contributed by atoms with van der Waals surface area (Å²) >= 11 is 0. The van der Waals surface area contributed by atoms with Crippen molar-refractivity contribution in [1.82, 2.24) is 0 Å². The van der Waals surface area contributed by atoms with Gasteiger partial charge in [-0.05, 0) is 83.5 Å². The molecule has 0 heterocycles. The number of phosphoric ester groups is 1. The Bertz CT molecular complexity index is 1160. The van der Waals surface area contributed by atoms with E-state index in [-0.39, 0.29) is 13.0 Å². The molecule has 0 aliphatic rings. The molecule has 322 valence electrons. The normalized spacial score (nSPS) is 14.6. The maximum Gasteiger partial charge on any atom is 0.472 e. The average Bonchev–Trinajstić information content (AvgIpc) is 3.18. The van der Waals surface area contributed by atoms with Crippen molar-refractivity contribution < 1.29 is 42.7 Å². The van der Waals surface area contributed by atoms with Crippen LogP contribution in [0.4, 0.5) is 0 Å². The van der Waals surface area contributed by atoms with E-state index in [1.54, 1.807) is 0 Å². The predicted octanol–water partition coefficient (Wildman–Crippen LogP) is 11.8. The van der Waals surface area contributed by atoms with Gasteiger partial charge in [0.1, 0.15) is 12.1 Å². The van der Waals surface area contributed by atoms with E-state index in [2.05, 4.69) is 86.8 Å². The summed E-state index contributed by atoms with van der Waals surface area (Å²) in [6.07, 6.45) is 49.5.